The Morgan fingerprint density at radius 1 is 1.15 bits per heavy atom. The van der Waals surface area contributed by atoms with E-state index in [-0.39, 0.29) is 0 Å². The average molecular weight is 285 g/mol. The molecule has 2 aromatic rings. The Labute approximate surface area is 123 Å². The molecule has 2 heterocycles. The van der Waals surface area contributed by atoms with E-state index >= 15 is 0 Å². The van der Waals surface area contributed by atoms with Gasteiger partial charge in [-0.25, -0.2) is 0 Å². The third-order valence-corrected chi connectivity index (χ3v) is 4.48. The second kappa shape index (κ2) is 6.20. The third kappa shape index (κ3) is 3.26. The number of hydrogen-bond acceptors (Lipinski definition) is 3. The van der Waals surface area contributed by atoms with Crippen LogP contribution >= 0.6 is 11.3 Å². The first-order valence-electron chi connectivity index (χ1n) is 7.02. The molecule has 0 saturated carbocycles. The molecule has 0 spiro atoms. The van der Waals surface area contributed by atoms with Gasteiger partial charge in [-0.3, -0.25) is 10.3 Å². The van der Waals surface area contributed by atoms with Crippen molar-refractivity contribution in [1.82, 2.24) is 4.90 Å². The number of benzene rings is 1. The zero-order chi connectivity index (χ0) is 13.8. The summed E-state index contributed by atoms with van der Waals surface area (Å²) in [6.45, 7) is 3.49. The number of anilines is 1. The normalized spacial score (nSPS) is 15.4. The summed E-state index contributed by atoms with van der Waals surface area (Å²) in [5.74, 6) is 0.465. The van der Waals surface area contributed by atoms with Gasteiger partial charge in [0, 0.05) is 12.2 Å². The molecule has 3 rings (SSSR count). The number of nitrogens with zero attached hydrogens (tertiary/aromatic N) is 1. The highest BCUT2D eigenvalue weighted by Gasteiger charge is 2.11. The lowest BCUT2D eigenvalue weighted by molar-refractivity contribution is 0.331. The van der Waals surface area contributed by atoms with Gasteiger partial charge in [0.05, 0.1) is 4.88 Å². The molecule has 1 saturated heterocycles. The molecule has 0 atom stereocenters. The maximum atomic E-state index is 8.01. The van der Waals surface area contributed by atoms with Gasteiger partial charge in [0.25, 0.3) is 0 Å². The highest BCUT2D eigenvalue weighted by atomic mass is 32.1. The molecule has 4 heteroatoms. The van der Waals surface area contributed by atoms with Crippen LogP contribution in [0.1, 0.15) is 23.3 Å². The van der Waals surface area contributed by atoms with E-state index in [1.54, 1.807) is 11.3 Å². The summed E-state index contributed by atoms with van der Waals surface area (Å²) in [5.41, 5.74) is 2.33. The van der Waals surface area contributed by atoms with Crippen LogP contribution in [0, 0.1) is 5.41 Å². The van der Waals surface area contributed by atoms with E-state index in [1.807, 2.05) is 17.5 Å². The summed E-state index contributed by atoms with van der Waals surface area (Å²) in [4.78, 5) is 3.46. The maximum absolute atomic E-state index is 8.01. The Bertz CT molecular complexity index is 554. The van der Waals surface area contributed by atoms with Gasteiger partial charge in [-0.15, -0.1) is 11.3 Å². The van der Waals surface area contributed by atoms with Crippen LogP contribution in [-0.2, 0) is 6.54 Å². The lowest BCUT2D eigenvalue weighted by Gasteiger charge is -2.15. The first-order chi connectivity index (χ1) is 9.81. The molecule has 0 amide bonds. The zero-order valence-electron chi connectivity index (χ0n) is 11.4. The van der Waals surface area contributed by atoms with Crippen LogP contribution in [0.5, 0.6) is 0 Å². The Morgan fingerprint density at radius 2 is 1.90 bits per heavy atom. The van der Waals surface area contributed by atoms with Gasteiger partial charge in [0.15, 0.2) is 0 Å². The number of rotatable bonds is 4. The van der Waals surface area contributed by atoms with Crippen molar-refractivity contribution in [2.24, 2.45) is 0 Å². The Morgan fingerprint density at radius 3 is 2.55 bits per heavy atom. The SMILES string of the molecule is N=C(Nc1ccc(CN2CCCC2)cc1)c1cccs1. The second-order valence-electron chi connectivity index (χ2n) is 5.16. The van der Waals surface area contributed by atoms with Crippen LogP contribution in [0.25, 0.3) is 0 Å². The fourth-order valence-electron chi connectivity index (χ4n) is 2.52. The molecule has 1 aromatic carbocycles. The van der Waals surface area contributed by atoms with E-state index in [0.29, 0.717) is 5.84 Å². The van der Waals surface area contributed by atoms with E-state index < -0.39 is 0 Å². The molecule has 0 unspecified atom stereocenters. The van der Waals surface area contributed by atoms with E-state index in [1.165, 1.54) is 31.5 Å². The molecular formula is C16H19N3S. The summed E-state index contributed by atoms with van der Waals surface area (Å²) < 4.78 is 0. The fraction of sp³-hybridized carbons (Fsp3) is 0.312. The van der Waals surface area contributed by atoms with Crippen LogP contribution in [0.4, 0.5) is 5.69 Å². The van der Waals surface area contributed by atoms with Crippen molar-refractivity contribution in [2.45, 2.75) is 19.4 Å². The van der Waals surface area contributed by atoms with Gasteiger partial charge in [-0.05, 0) is 55.1 Å². The average Bonchev–Trinajstić information content (AvgIpc) is 3.13. The first kappa shape index (κ1) is 13.3. The van der Waals surface area contributed by atoms with Crippen molar-refractivity contribution < 1.29 is 0 Å². The summed E-state index contributed by atoms with van der Waals surface area (Å²) in [6.07, 6.45) is 2.66. The summed E-state index contributed by atoms with van der Waals surface area (Å²) in [5, 5.41) is 13.1. The number of thiophene rings is 1. The highest BCUT2D eigenvalue weighted by Crippen LogP contribution is 2.16. The minimum atomic E-state index is 0.465. The quantitative estimate of drug-likeness (QED) is 0.663. The van der Waals surface area contributed by atoms with Crippen LogP contribution in [0.3, 0.4) is 0 Å². The Balaban J connectivity index is 1.59. The summed E-state index contributed by atoms with van der Waals surface area (Å²) >= 11 is 1.58. The Hall–Kier alpha value is -1.65. The number of hydrogen-bond donors (Lipinski definition) is 2. The Kier molecular flexibility index (Phi) is 4.14. The number of likely N-dealkylation sites (tertiary alicyclic amines) is 1. The van der Waals surface area contributed by atoms with Crippen molar-refractivity contribution in [2.75, 3.05) is 18.4 Å². The fourth-order valence-corrected chi connectivity index (χ4v) is 3.15. The number of amidine groups is 1. The second-order valence-corrected chi connectivity index (χ2v) is 6.11. The van der Waals surface area contributed by atoms with Gasteiger partial charge in [0.1, 0.15) is 5.84 Å². The standard InChI is InChI=1S/C16H19N3S/c17-16(15-4-3-11-20-15)18-14-7-5-13(6-8-14)12-19-9-1-2-10-19/h3-8,11H,1-2,9-10,12H2,(H2,17,18). The summed E-state index contributed by atoms with van der Waals surface area (Å²) in [7, 11) is 0. The van der Waals surface area contributed by atoms with E-state index in [9.17, 15) is 0 Å². The molecule has 3 nitrogen and oxygen atoms in total. The third-order valence-electron chi connectivity index (χ3n) is 3.60. The lowest BCUT2D eigenvalue weighted by Crippen LogP contribution is -2.18. The van der Waals surface area contributed by atoms with Crippen LogP contribution in [-0.4, -0.2) is 23.8 Å². The number of nitrogens with one attached hydrogen (secondary N) is 2. The smallest absolute Gasteiger partial charge is 0.140 e. The topological polar surface area (TPSA) is 39.1 Å². The molecule has 0 aliphatic carbocycles. The van der Waals surface area contributed by atoms with Gasteiger partial charge in [0.2, 0.25) is 0 Å². The minimum Gasteiger partial charge on any atom is -0.340 e. The molecule has 1 aromatic heterocycles. The molecular weight excluding hydrogens is 266 g/mol. The van der Waals surface area contributed by atoms with Gasteiger partial charge in [-0.2, -0.15) is 0 Å². The molecule has 0 radical (unpaired) electrons. The van der Waals surface area contributed by atoms with Crippen LogP contribution in [0.15, 0.2) is 41.8 Å². The minimum absolute atomic E-state index is 0.465. The molecule has 1 aliphatic rings. The van der Waals surface area contributed by atoms with Crippen molar-refractivity contribution >= 4 is 22.9 Å². The molecule has 2 N–H and O–H groups in total. The molecule has 20 heavy (non-hydrogen) atoms. The molecule has 1 fully saturated rings. The van der Waals surface area contributed by atoms with Crippen molar-refractivity contribution in [3.8, 4) is 0 Å². The molecule has 104 valence electrons. The van der Waals surface area contributed by atoms with Crippen LogP contribution in [0.2, 0.25) is 0 Å². The highest BCUT2D eigenvalue weighted by molar-refractivity contribution is 7.12. The monoisotopic (exact) mass is 285 g/mol. The predicted octanol–water partition coefficient (Wildman–Crippen LogP) is 3.78. The largest absolute Gasteiger partial charge is 0.340 e. The lowest BCUT2D eigenvalue weighted by atomic mass is 10.2. The van der Waals surface area contributed by atoms with Gasteiger partial charge >= 0.3 is 0 Å². The molecule has 0 bridgehead atoms. The van der Waals surface area contributed by atoms with E-state index in [0.717, 1.165) is 17.1 Å². The van der Waals surface area contributed by atoms with Gasteiger partial charge in [-0.1, -0.05) is 18.2 Å². The van der Waals surface area contributed by atoms with Crippen molar-refractivity contribution in [3.63, 3.8) is 0 Å². The van der Waals surface area contributed by atoms with Gasteiger partial charge < -0.3 is 5.32 Å². The maximum Gasteiger partial charge on any atom is 0.140 e. The van der Waals surface area contributed by atoms with Crippen LogP contribution < -0.4 is 5.32 Å². The zero-order valence-corrected chi connectivity index (χ0v) is 12.2. The van der Waals surface area contributed by atoms with E-state index in [2.05, 4.69) is 34.5 Å². The van der Waals surface area contributed by atoms with Crippen molar-refractivity contribution in [1.29, 1.82) is 5.41 Å². The molecule has 1 aliphatic heterocycles. The van der Waals surface area contributed by atoms with Crippen molar-refractivity contribution in [3.05, 3.63) is 52.2 Å². The predicted molar refractivity (Wildman–Crippen MR) is 85.7 cm³/mol. The van der Waals surface area contributed by atoms with E-state index in [4.69, 9.17) is 5.41 Å². The summed E-state index contributed by atoms with van der Waals surface area (Å²) in [6, 6.07) is 12.4. The first-order valence-corrected chi connectivity index (χ1v) is 7.90.